The van der Waals surface area contributed by atoms with Crippen molar-refractivity contribution in [3.63, 3.8) is 0 Å². The average Bonchev–Trinajstić information content (AvgIpc) is 3.12. The molecule has 0 aromatic heterocycles. The maximum atomic E-state index is 12.4. The second kappa shape index (κ2) is 8.51. The lowest BCUT2D eigenvalue weighted by Gasteiger charge is -2.15. The van der Waals surface area contributed by atoms with Crippen molar-refractivity contribution in [2.75, 3.05) is 0 Å². The molecule has 1 fully saturated rings. The molecule has 1 aromatic carbocycles. The fraction of sp³-hybridized carbons (Fsp3) is 0.474. The standard InChI is InChI=1S/C19H25NO3/c1-3-14(2)17(20-18(21)16-11-7-8-12-16)19(22)23-13-15-9-5-4-6-10-15/h4-6,9-10,16H,3,7-8,11-13H2,1-2H3,(H,20,21)/b17-14-. The Morgan fingerprint density at radius 1 is 1.17 bits per heavy atom. The van der Waals surface area contributed by atoms with E-state index in [9.17, 15) is 9.59 Å². The number of ether oxygens (including phenoxy) is 1. The number of benzene rings is 1. The van der Waals surface area contributed by atoms with Gasteiger partial charge < -0.3 is 10.1 Å². The summed E-state index contributed by atoms with van der Waals surface area (Å²) in [5.74, 6) is -0.488. The van der Waals surface area contributed by atoms with Crippen LogP contribution >= 0.6 is 0 Å². The van der Waals surface area contributed by atoms with E-state index in [1.807, 2.05) is 44.2 Å². The lowest BCUT2D eigenvalue weighted by Crippen LogP contribution is -2.33. The molecule has 0 bridgehead atoms. The maximum absolute atomic E-state index is 12.4. The van der Waals surface area contributed by atoms with Gasteiger partial charge in [0.1, 0.15) is 12.3 Å². The Bertz CT molecular complexity index is 572. The molecule has 0 aliphatic heterocycles. The van der Waals surface area contributed by atoms with E-state index in [2.05, 4.69) is 5.32 Å². The number of nitrogens with one attached hydrogen (secondary N) is 1. The summed E-state index contributed by atoms with van der Waals surface area (Å²) in [5, 5.41) is 2.81. The van der Waals surface area contributed by atoms with Crippen LogP contribution in [0.1, 0.15) is 51.5 Å². The number of carbonyl (C=O) groups is 2. The van der Waals surface area contributed by atoms with Gasteiger partial charge in [0.25, 0.3) is 0 Å². The van der Waals surface area contributed by atoms with Crippen molar-refractivity contribution in [2.24, 2.45) is 5.92 Å². The quantitative estimate of drug-likeness (QED) is 0.643. The van der Waals surface area contributed by atoms with E-state index >= 15 is 0 Å². The molecule has 23 heavy (non-hydrogen) atoms. The van der Waals surface area contributed by atoms with Crippen LogP contribution in [0.3, 0.4) is 0 Å². The van der Waals surface area contributed by atoms with Crippen LogP contribution in [0, 0.1) is 5.92 Å². The summed E-state index contributed by atoms with van der Waals surface area (Å²) in [4.78, 5) is 24.7. The zero-order chi connectivity index (χ0) is 16.7. The van der Waals surface area contributed by atoms with Gasteiger partial charge in [0.15, 0.2) is 0 Å². The van der Waals surface area contributed by atoms with E-state index in [1.54, 1.807) is 0 Å². The van der Waals surface area contributed by atoms with Crippen molar-refractivity contribution in [2.45, 2.75) is 52.6 Å². The van der Waals surface area contributed by atoms with E-state index < -0.39 is 5.97 Å². The van der Waals surface area contributed by atoms with Crippen LogP contribution in [-0.4, -0.2) is 11.9 Å². The maximum Gasteiger partial charge on any atom is 0.355 e. The predicted octanol–water partition coefficient (Wildman–Crippen LogP) is 3.72. The van der Waals surface area contributed by atoms with Gasteiger partial charge in [-0.2, -0.15) is 0 Å². The summed E-state index contributed by atoms with van der Waals surface area (Å²) in [6, 6.07) is 9.53. The van der Waals surface area contributed by atoms with Crippen LogP contribution in [0.5, 0.6) is 0 Å². The van der Waals surface area contributed by atoms with Gasteiger partial charge in [0.05, 0.1) is 0 Å². The Hall–Kier alpha value is -2.10. The summed E-state index contributed by atoms with van der Waals surface area (Å²) in [6.07, 6.45) is 4.68. The number of esters is 1. The Balaban J connectivity index is 2.00. The first-order valence-corrected chi connectivity index (χ1v) is 8.33. The third-order valence-electron chi connectivity index (χ3n) is 4.35. The summed E-state index contributed by atoms with van der Waals surface area (Å²) < 4.78 is 5.37. The first-order valence-electron chi connectivity index (χ1n) is 8.33. The molecule has 0 spiro atoms. The Kier molecular flexibility index (Phi) is 6.39. The van der Waals surface area contributed by atoms with Crippen molar-refractivity contribution in [3.05, 3.63) is 47.2 Å². The van der Waals surface area contributed by atoms with Gasteiger partial charge in [-0.25, -0.2) is 4.79 Å². The van der Waals surface area contributed by atoms with Crippen molar-refractivity contribution < 1.29 is 14.3 Å². The Morgan fingerprint density at radius 2 is 1.83 bits per heavy atom. The molecule has 0 unspecified atom stereocenters. The highest BCUT2D eigenvalue weighted by Crippen LogP contribution is 2.25. The molecule has 0 radical (unpaired) electrons. The molecule has 4 heteroatoms. The van der Waals surface area contributed by atoms with Crippen molar-refractivity contribution >= 4 is 11.9 Å². The number of allylic oxidation sites excluding steroid dienone is 1. The molecule has 1 amide bonds. The van der Waals surface area contributed by atoms with Gasteiger partial charge >= 0.3 is 5.97 Å². The van der Waals surface area contributed by atoms with Crippen LogP contribution in [0.4, 0.5) is 0 Å². The molecule has 1 aliphatic rings. The van der Waals surface area contributed by atoms with Gasteiger partial charge in [0, 0.05) is 5.92 Å². The molecule has 1 aromatic rings. The van der Waals surface area contributed by atoms with E-state index in [1.165, 1.54) is 0 Å². The van der Waals surface area contributed by atoms with Crippen LogP contribution in [0.2, 0.25) is 0 Å². The highest BCUT2D eigenvalue weighted by Gasteiger charge is 2.25. The summed E-state index contributed by atoms with van der Waals surface area (Å²) in [6.45, 7) is 4.02. The second-order valence-electron chi connectivity index (χ2n) is 6.04. The topological polar surface area (TPSA) is 55.4 Å². The first-order chi connectivity index (χ1) is 11.1. The summed E-state index contributed by atoms with van der Waals surface area (Å²) >= 11 is 0. The zero-order valence-electron chi connectivity index (χ0n) is 13.9. The molecule has 0 atom stereocenters. The van der Waals surface area contributed by atoms with Crippen molar-refractivity contribution in [3.8, 4) is 0 Å². The minimum atomic E-state index is -0.459. The lowest BCUT2D eigenvalue weighted by molar-refractivity contribution is -0.142. The minimum Gasteiger partial charge on any atom is -0.456 e. The van der Waals surface area contributed by atoms with Crippen molar-refractivity contribution in [1.29, 1.82) is 0 Å². The van der Waals surface area contributed by atoms with Gasteiger partial charge in [-0.3, -0.25) is 4.79 Å². The second-order valence-corrected chi connectivity index (χ2v) is 6.04. The van der Waals surface area contributed by atoms with Gasteiger partial charge in [-0.15, -0.1) is 0 Å². The normalized spacial score (nSPS) is 15.9. The lowest BCUT2D eigenvalue weighted by atomic mass is 10.1. The molecular weight excluding hydrogens is 290 g/mol. The van der Waals surface area contributed by atoms with Crippen LogP contribution in [0.25, 0.3) is 0 Å². The fourth-order valence-corrected chi connectivity index (χ4v) is 2.72. The van der Waals surface area contributed by atoms with Gasteiger partial charge in [-0.05, 0) is 37.3 Å². The monoisotopic (exact) mass is 315 g/mol. The van der Waals surface area contributed by atoms with Crippen LogP contribution in [0.15, 0.2) is 41.6 Å². The molecule has 1 N–H and O–H groups in total. The molecule has 0 heterocycles. The van der Waals surface area contributed by atoms with E-state index in [4.69, 9.17) is 4.74 Å². The third-order valence-corrected chi connectivity index (χ3v) is 4.35. The fourth-order valence-electron chi connectivity index (χ4n) is 2.72. The first kappa shape index (κ1) is 17.3. The van der Waals surface area contributed by atoms with Gasteiger partial charge in [0.2, 0.25) is 5.91 Å². The summed E-state index contributed by atoms with van der Waals surface area (Å²) in [5.41, 5.74) is 2.08. The zero-order valence-corrected chi connectivity index (χ0v) is 13.9. The number of amides is 1. The van der Waals surface area contributed by atoms with E-state index in [-0.39, 0.29) is 18.4 Å². The number of rotatable bonds is 6. The SMILES string of the molecule is CC/C(C)=C(\NC(=O)C1CCCC1)C(=O)OCc1ccccc1. The Labute approximate surface area is 137 Å². The average molecular weight is 315 g/mol. The molecule has 124 valence electrons. The highest BCUT2D eigenvalue weighted by atomic mass is 16.5. The summed E-state index contributed by atoms with van der Waals surface area (Å²) in [7, 11) is 0. The predicted molar refractivity (Wildman–Crippen MR) is 89.3 cm³/mol. The molecule has 4 nitrogen and oxygen atoms in total. The van der Waals surface area contributed by atoms with Gasteiger partial charge in [-0.1, -0.05) is 50.1 Å². The minimum absolute atomic E-state index is 0.0246. The molecule has 2 rings (SSSR count). The van der Waals surface area contributed by atoms with E-state index in [0.29, 0.717) is 12.1 Å². The van der Waals surface area contributed by atoms with Crippen molar-refractivity contribution in [1.82, 2.24) is 5.32 Å². The molecular formula is C19H25NO3. The molecule has 1 saturated carbocycles. The van der Waals surface area contributed by atoms with Crippen LogP contribution < -0.4 is 5.32 Å². The highest BCUT2D eigenvalue weighted by molar-refractivity contribution is 5.95. The van der Waals surface area contributed by atoms with Crippen LogP contribution in [-0.2, 0) is 20.9 Å². The van der Waals surface area contributed by atoms with E-state index in [0.717, 1.165) is 36.8 Å². The smallest absolute Gasteiger partial charge is 0.355 e. The Morgan fingerprint density at radius 3 is 2.43 bits per heavy atom. The molecule has 0 saturated heterocycles. The number of hydrogen-bond donors (Lipinski definition) is 1. The largest absolute Gasteiger partial charge is 0.456 e. The third kappa shape index (κ3) is 4.95. The molecule has 1 aliphatic carbocycles. The number of hydrogen-bond acceptors (Lipinski definition) is 3. The number of carbonyl (C=O) groups excluding carboxylic acids is 2.